The van der Waals surface area contributed by atoms with E-state index in [-0.39, 0.29) is 0 Å². The zero-order valence-electron chi connectivity index (χ0n) is 9.91. The quantitative estimate of drug-likeness (QED) is 0.882. The fourth-order valence-corrected chi connectivity index (χ4v) is 2.99. The Balaban J connectivity index is 3.40. The number of carboxylic acid groups (broad SMARTS) is 1. The molecule has 17 heavy (non-hydrogen) atoms. The topological polar surface area (TPSA) is 74.7 Å². The van der Waals surface area contributed by atoms with Crippen LogP contribution in [0.1, 0.15) is 13.8 Å². The van der Waals surface area contributed by atoms with Crippen LogP contribution in [0.15, 0.2) is 30.3 Å². The van der Waals surface area contributed by atoms with Crippen LogP contribution in [0.5, 0.6) is 0 Å². The molecule has 1 rings (SSSR count). The minimum absolute atomic E-state index is 0.336. The van der Waals surface area contributed by atoms with Crippen LogP contribution in [-0.4, -0.2) is 31.3 Å². The lowest BCUT2D eigenvalue weighted by Crippen LogP contribution is -2.53. The first-order valence-electron chi connectivity index (χ1n) is 4.96. The lowest BCUT2D eigenvalue weighted by molar-refractivity contribution is -0.141. The number of carbonyl (C=O) groups is 1. The first kappa shape index (κ1) is 13.5. The number of sulfonamides is 1. The molecule has 0 aliphatic carbocycles. The lowest BCUT2D eigenvalue weighted by atomic mass is 10.1. The van der Waals surface area contributed by atoms with E-state index in [1.807, 2.05) is 0 Å². The molecule has 0 radical (unpaired) electrons. The van der Waals surface area contributed by atoms with Gasteiger partial charge in [0.25, 0.3) is 0 Å². The van der Waals surface area contributed by atoms with Gasteiger partial charge in [0.1, 0.15) is 5.54 Å². The summed E-state index contributed by atoms with van der Waals surface area (Å²) in [5.74, 6) is -1.20. The molecule has 0 saturated heterocycles. The lowest BCUT2D eigenvalue weighted by Gasteiger charge is -2.34. The Morgan fingerprint density at radius 3 is 2.06 bits per heavy atom. The molecule has 94 valence electrons. The Bertz CT molecular complexity index is 508. The van der Waals surface area contributed by atoms with Gasteiger partial charge in [-0.1, -0.05) is 18.2 Å². The third kappa shape index (κ3) is 2.76. The Labute approximate surface area is 101 Å². The monoisotopic (exact) mass is 257 g/mol. The van der Waals surface area contributed by atoms with Crippen LogP contribution in [0.3, 0.4) is 0 Å². The maximum atomic E-state index is 11.7. The van der Waals surface area contributed by atoms with Crippen molar-refractivity contribution >= 4 is 21.7 Å². The van der Waals surface area contributed by atoms with Gasteiger partial charge in [-0.2, -0.15) is 0 Å². The summed E-state index contributed by atoms with van der Waals surface area (Å²) in [5.41, 5.74) is -1.20. The van der Waals surface area contributed by atoms with Crippen LogP contribution in [-0.2, 0) is 14.8 Å². The summed E-state index contributed by atoms with van der Waals surface area (Å²) in [5, 5.41) is 9.13. The van der Waals surface area contributed by atoms with Gasteiger partial charge in [-0.15, -0.1) is 0 Å². The number of nitrogens with zero attached hydrogens (tertiary/aromatic N) is 1. The van der Waals surface area contributed by atoms with Gasteiger partial charge in [0, 0.05) is 0 Å². The maximum Gasteiger partial charge on any atom is 0.330 e. The molecule has 1 aromatic rings. The van der Waals surface area contributed by atoms with Gasteiger partial charge in [-0.25, -0.2) is 13.2 Å². The second kappa shape index (κ2) is 4.37. The summed E-state index contributed by atoms with van der Waals surface area (Å²) in [4.78, 5) is 11.2. The summed E-state index contributed by atoms with van der Waals surface area (Å²) in [6.45, 7) is 2.70. The molecule has 0 unspecified atom stereocenters. The number of hydrogen-bond donors (Lipinski definition) is 1. The second-order valence-corrected chi connectivity index (χ2v) is 6.06. The van der Waals surface area contributed by atoms with Crippen LogP contribution >= 0.6 is 0 Å². The summed E-state index contributed by atoms with van der Waals surface area (Å²) in [7, 11) is -3.67. The average molecular weight is 257 g/mol. The predicted molar refractivity (Wildman–Crippen MR) is 65.5 cm³/mol. The van der Waals surface area contributed by atoms with Crippen molar-refractivity contribution in [3.63, 3.8) is 0 Å². The van der Waals surface area contributed by atoms with Crippen molar-refractivity contribution in [3.05, 3.63) is 30.3 Å². The number of carboxylic acids is 1. The van der Waals surface area contributed by atoms with Crippen molar-refractivity contribution in [2.45, 2.75) is 19.4 Å². The molecule has 0 aliphatic heterocycles. The van der Waals surface area contributed by atoms with E-state index in [1.165, 1.54) is 13.8 Å². The standard InChI is InChI=1S/C11H15NO4S/c1-11(2,10(13)14)12(17(3,15)16)9-7-5-4-6-8-9/h4-8H,1-3H3,(H,13,14). The Hall–Kier alpha value is -1.56. The van der Waals surface area contributed by atoms with E-state index in [9.17, 15) is 13.2 Å². The first-order valence-corrected chi connectivity index (χ1v) is 6.81. The van der Waals surface area contributed by atoms with Gasteiger partial charge in [0.2, 0.25) is 10.0 Å². The van der Waals surface area contributed by atoms with E-state index < -0.39 is 21.5 Å². The zero-order chi connectivity index (χ0) is 13.3. The van der Waals surface area contributed by atoms with E-state index >= 15 is 0 Å². The largest absolute Gasteiger partial charge is 0.479 e. The number of benzene rings is 1. The summed E-state index contributed by atoms with van der Waals surface area (Å²) >= 11 is 0. The molecule has 0 amide bonds. The number of aliphatic carboxylic acids is 1. The van der Waals surface area contributed by atoms with E-state index in [0.29, 0.717) is 5.69 Å². The Kier molecular flexibility index (Phi) is 3.47. The Morgan fingerprint density at radius 2 is 1.71 bits per heavy atom. The van der Waals surface area contributed by atoms with E-state index in [2.05, 4.69) is 0 Å². The highest BCUT2D eigenvalue weighted by atomic mass is 32.2. The predicted octanol–water partition coefficient (Wildman–Crippen LogP) is 1.32. The van der Waals surface area contributed by atoms with Gasteiger partial charge in [-0.3, -0.25) is 4.31 Å². The van der Waals surface area contributed by atoms with Crippen molar-refractivity contribution < 1.29 is 18.3 Å². The number of rotatable bonds is 4. The molecule has 1 N–H and O–H groups in total. The molecule has 1 aromatic carbocycles. The van der Waals surface area contributed by atoms with Gasteiger partial charge >= 0.3 is 5.97 Å². The molecule has 0 saturated carbocycles. The van der Waals surface area contributed by atoms with Crippen molar-refractivity contribution in [2.75, 3.05) is 10.6 Å². The van der Waals surface area contributed by atoms with Crippen molar-refractivity contribution in [3.8, 4) is 0 Å². The number of hydrogen-bond acceptors (Lipinski definition) is 3. The highest BCUT2D eigenvalue weighted by Gasteiger charge is 2.40. The van der Waals surface area contributed by atoms with Crippen molar-refractivity contribution in [2.24, 2.45) is 0 Å². The van der Waals surface area contributed by atoms with E-state index in [4.69, 9.17) is 5.11 Å². The van der Waals surface area contributed by atoms with Gasteiger partial charge < -0.3 is 5.11 Å². The van der Waals surface area contributed by atoms with Crippen molar-refractivity contribution in [1.29, 1.82) is 0 Å². The minimum Gasteiger partial charge on any atom is -0.479 e. The Morgan fingerprint density at radius 1 is 1.24 bits per heavy atom. The molecule has 6 heteroatoms. The number of para-hydroxylation sites is 1. The second-order valence-electron chi connectivity index (χ2n) is 4.23. The van der Waals surface area contributed by atoms with Crippen LogP contribution in [0, 0.1) is 0 Å². The van der Waals surface area contributed by atoms with Gasteiger partial charge in [-0.05, 0) is 26.0 Å². The molecular formula is C11H15NO4S. The molecule has 0 atom stereocenters. The van der Waals surface area contributed by atoms with E-state index in [1.54, 1.807) is 30.3 Å². The summed E-state index contributed by atoms with van der Waals surface area (Å²) in [6.07, 6.45) is 0.991. The highest BCUT2D eigenvalue weighted by molar-refractivity contribution is 7.92. The summed E-state index contributed by atoms with van der Waals surface area (Å²) < 4.78 is 24.4. The minimum atomic E-state index is -3.67. The van der Waals surface area contributed by atoms with E-state index in [0.717, 1.165) is 10.6 Å². The van der Waals surface area contributed by atoms with Crippen LogP contribution in [0.4, 0.5) is 5.69 Å². The molecular weight excluding hydrogens is 242 g/mol. The average Bonchev–Trinajstić information content (AvgIpc) is 2.16. The fourth-order valence-electron chi connectivity index (χ4n) is 1.58. The zero-order valence-corrected chi connectivity index (χ0v) is 10.7. The molecule has 0 fully saturated rings. The summed E-state index contributed by atoms with van der Waals surface area (Å²) in [6, 6.07) is 8.17. The SMILES string of the molecule is CC(C)(C(=O)O)N(c1ccccc1)S(C)(=O)=O. The molecule has 0 heterocycles. The third-order valence-electron chi connectivity index (χ3n) is 2.35. The molecule has 0 spiro atoms. The van der Waals surface area contributed by atoms with Crippen LogP contribution in [0.2, 0.25) is 0 Å². The van der Waals surface area contributed by atoms with Crippen LogP contribution < -0.4 is 4.31 Å². The fraction of sp³-hybridized carbons (Fsp3) is 0.364. The molecule has 0 aliphatic rings. The smallest absolute Gasteiger partial charge is 0.330 e. The normalized spacial score (nSPS) is 12.2. The number of anilines is 1. The molecule has 5 nitrogen and oxygen atoms in total. The first-order chi connectivity index (χ1) is 7.67. The maximum absolute atomic E-state index is 11.7. The van der Waals surface area contributed by atoms with Gasteiger partial charge in [0.15, 0.2) is 0 Å². The molecule has 0 aromatic heterocycles. The highest BCUT2D eigenvalue weighted by Crippen LogP contribution is 2.27. The molecule has 0 bridgehead atoms. The van der Waals surface area contributed by atoms with Gasteiger partial charge in [0.05, 0.1) is 11.9 Å². The van der Waals surface area contributed by atoms with Crippen LogP contribution in [0.25, 0.3) is 0 Å². The third-order valence-corrected chi connectivity index (χ3v) is 3.68. The van der Waals surface area contributed by atoms with Crippen molar-refractivity contribution in [1.82, 2.24) is 0 Å².